The lowest BCUT2D eigenvalue weighted by atomic mass is 9.88. The van der Waals surface area contributed by atoms with Crippen LogP contribution in [0.15, 0.2) is 0 Å². The van der Waals surface area contributed by atoms with Gasteiger partial charge in [-0.1, -0.05) is 45.4 Å². The number of carboxylic acids is 1. The highest BCUT2D eigenvalue weighted by Crippen LogP contribution is 2.32. The number of unbranched alkanes of at least 4 members (excludes halogenated alkanes) is 5. The molecule has 0 saturated carbocycles. The lowest BCUT2D eigenvalue weighted by molar-refractivity contribution is -0.254. The molecule has 0 aromatic heterocycles. The fourth-order valence-electron chi connectivity index (χ4n) is 2.99. The van der Waals surface area contributed by atoms with Gasteiger partial charge in [-0.15, -0.1) is 0 Å². The topological polar surface area (TPSA) is 55.8 Å². The van der Waals surface area contributed by atoms with Gasteiger partial charge in [0.15, 0.2) is 5.79 Å². The first-order valence-corrected chi connectivity index (χ1v) is 8.99. The van der Waals surface area contributed by atoms with E-state index in [2.05, 4.69) is 6.92 Å². The number of ether oxygens (including phenoxy) is 2. The molecule has 0 aliphatic heterocycles. The van der Waals surface area contributed by atoms with Gasteiger partial charge < -0.3 is 14.6 Å². The highest BCUT2D eigenvalue weighted by Gasteiger charge is 2.35. The van der Waals surface area contributed by atoms with E-state index in [9.17, 15) is 4.79 Å². The molecule has 132 valence electrons. The van der Waals surface area contributed by atoms with Crippen molar-refractivity contribution in [3.05, 3.63) is 0 Å². The number of hydrogen-bond acceptors (Lipinski definition) is 3. The lowest BCUT2D eigenvalue weighted by Gasteiger charge is -2.37. The fourth-order valence-corrected chi connectivity index (χ4v) is 2.99. The van der Waals surface area contributed by atoms with Gasteiger partial charge in [-0.2, -0.15) is 0 Å². The van der Waals surface area contributed by atoms with E-state index in [0.717, 1.165) is 12.8 Å². The second-order valence-corrected chi connectivity index (χ2v) is 6.07. The van der Waals surface area contributed by atoms with Crippen LogP contribution >= 0.6 is 0 Å². The molecule has 0 fully saturated rings. The minimum Gasteiger partial charge on any atom is -0.481 e. The van der Waals surface area contributed by atoms with E-state index in [0.29, 0.717) is 19.6 Å². The van der Waals surface area contributed by atoms with Gasteiger partial charge in [-0.3, -0.25) is 4.79 Å². The molecule has 0 aliphatic rings. The molecule has 0 aromatic rings. The van der Waals surface area contributed by atoms with Crippen LogP contribution in [0.3, 0.4) is 0 Å². The zero-order valence-electron chi connectivity index (χ0n) is 15.0. The van der Waals surface area contributed by atoms with Gasteiger partial charge >= 0.3 is 5.97 Å². The maximum absolute atomic E-state index is 10.9. The van der Waals surface area contributed by atoms with Gasteiger partial charge in [0.2, 0.25) is 0 Å². The predicted octanol–water partition coefficient (Wildman–Crippen LogP) is 5.01. The van der Waals surface area contributed by atoms with Gasteiger partial charge in [0.1, 0.15) is 0 Å². The molecule has 0 rings (SSSR count). The highest BCUT2D eigenvalue weighted by molar-refractivity contribution is 5.66. The predicted molar refractivity (Wildman–Crippen MR) is 90.0 cm³/mol. The minimum absolute atomic E-state index is 0.134. The van der Waals surface area contributed by atoms with Gasteiger partial charge in [-0.05, 0) is 33.6 Å². The molecule has 1 unspecified atom stereocenters. The summed E-state index contributed by atoms with van der Waals surface area (Å²) in [6.07, 6.45) is 9.20. The molecular formula is C18H36O4. The number of carboxylic acid groups (broad SMARTS) is 1. The third-order valence-electron chi connectivity index (χ3n) is 4.22. The largest absolute Gasteiger partial charge is 0.481 e. The Morgan fingerprint density at radius 2 is 1.50 bits per heavy atom. The van der Waals surface area contributed by atoms with E-state index < -0.39 is 11.8 Å². The summed E-state index contributed by atoms with van der Waals surface area (Å²) < 4.78 is 11.7. The molecule has 0 amide bonds. The molecule has 22 heavy (non-hydrogen) atoms. The van der Waals surface area contributed by atoms with Crippen LogP contribution in [0.1, 0.15) is 85.5 Å². The normalized spacial score (nSPS) is 13.3. The van der Waals surface area contributed by atoms with Crippen molar-refractivity contribution in [3.63, 3.8) is 0 Å². The van der Waals surface area contributed by atoms with Gasteiger partial charge in [0.05, 0.1) is 0 Å². The van der Waals surface area contributed by atoms with Crippen molar-refractivity contribution in [1.29, 1.82) is 0 Å². The van der Waals surface area contributed by atoms with Gasteiger partial charge in [0, 0.05) is 25.6 Å². The van der Waals surface area contributed by atoms with E-state index in [4.69, 9.17) is 14.6 Å². The smallest absolute Gasteiger partial charge is 0.303 e. The summed E-state index contributed by atoms with van der Waals surface area (Å²) in [5.74, 6) is -1.28. The van der Waals surface area contributed by atoms with Crippen molar-refractivity contribution in [2.75, 3.05) is 13.2 Å². The van der Waals surface area contributed by atoms with Gasteiger partial charge in [-0.25, -0.2) is 0 Å². The molecule has 0 heterocycles. The Labute approximate surface area is 136 Å². The number of hydrogen-bond donors (Lipinski definition) is 1. The van der Waals surface area contributed by atoms with E-state index in [-0.39, 0.29) is 12.3 Å². The molecular weight excluding hydrogens is 280 g/mol. The van der Waals surface area contributed by atoms with Crippen molar-refractivity contribution in [2.45, 2.75) is 91.3 Å². The summed E-state index contributed by atoms with van der Waals surface area (Å²) in [6, 6.07) is 0. The lowest BCUT2D eigenvalue weighted by Crippen LogP contribution is -2.41. The monoisotopic (exact) mass is 316 g/mol. The van der Waals surface area contributed by atoms with Crippen molar-refractivity contribution in [2.24, 2.45) is 5.92 Å². The molecule has 0 bridgehead atoms. The van der Waals surface area contributed by atoms with Crippen LogP contribution in [0.25, 0.3) is 0 Å². The first-order chi connectivity index (χ1) is 10.5. The van der Waals surface area contributed by atoms with E-state index in [1.165, 1.54) is 32.1 Å². The van der Waals surface area contributed by atoms with Crippen LogP contribution < -0.4 is 0 Å². The minimum atomic E-state index is -0.747. The zero-order valence-corrected chi connectivity index (χ0v) is 15.0. The first-order valence-electron chi connectivity index (χ1n) is 8.99. The number of rotatable bonds is 15. The second-order valence-electron chi connectivity index (χ2n) is 6.07. The van der Waals surface area contributed by atoms with Crippen molar-refractivity contribution >= 4 is 5.97 Å². The Kier molecular flexibility index (Phi) is 12.5. The molecule has 0 spiro atoms. The average Bonchev–Trinajstić information content (AvgIpc) is 2.45. The van der Waals surface area contributed by atoms with Crippen molar-refractivity contribution in [3.8, 4) is 0 Å². The Bertz CT molecular complexity index is 272. The first kappa shape index (κ1) is 21.4. The quantitative estimate of drug-likeness (QED) is 0.341. The highest BCUT2D eigenvalue weighted by atomic mass is 16.7. The molecule has 0 aromatic carbocycles. The molecule has 0 saturated heterocycles. The average molecular weight is 316 g/mol. The van der Waals surface area contributed by atoms with Crippen molar-refractivity contribution in [1.82, 2.24) is 0 Å². The summed E-state index contributed by atoms with van der Waals surface area (Å²) >= 11 is 0. The molecule has 1 N–H and O–H groups in total. The van der Waals surface area contributed by atoms with E-state index in [1.807, 2.05) is 20.8 Å². The van der Waals surface area contributed by atoms with Crippen molar-refractivity contribution < 1.29 is 19.4 Å². The van der Waals surface area contributed by atoms with Crippen LogP contribution in [0.2, 0.25) is 0 Å². The summed E-state index contributed by atoms with van der Waals surface area (Å²) in [6.45, 7) is 9.25. The Balaban J connectivity index is 4.47. The molecule has 4 heteroatoms. The molecule has 0 aliphatic carbocycles. The summed E-state index contributed by atoms with van der Waals surface area (Å²) in [5, 5.41) is 8.97. The molecule has 4 nitrogen and oxygen atoms in total. The Morgan fingerprint density at radius 1 is 0.955 bits per heavy atom. The van der Waals surface area contributed by atoms with Gasteiger partial charge in [0.25, 0.3) is 0 Å². The van der Waals surface area contributed by atoms with Crippen LogP contribution in [0.5, 0.6) is 0 Å². The second kappa shape index (κ2) is 12.9. The molecule has 1 atom stereocenters. The maximum Gasteiger partial charge on any atom is 0.303 e. The van der Waals surface area contributed by atoms with Crippen LogP contribution in [-0.2, 0) is 14.3 Å². The SMILES string of the molecule is CCCCCCCCC(CCC(=O)O)C(C)(OCC)OCC. The summed E-state index contributed by atoms with van der Waals surface area (Å²) in [7, 11) is 0. The summed E-state index contributed by atoms with van der Waals surface area (Å²) in [5.41, 5.74) is 0. The van der Waals surface area contributed by atoms with E-state index in [1.54, 1.807) is 0 Å². The summed E-state index contributed by atoms with van der Waals surface area (Å²) in [4.78, 5) is 10.9. The Hall–Kier alpha value is -0.610. The maximum atomic E-state index is 10.9. The molecule has 0 radical (unpaired) electrons. The zero-order chi connectivity index (χ0) is 16.8. The van der Waals surface area contributed by atoms with E-state index >= 15 is 0 Å². The van der Waals surface area contributed by atoms with Crippen LogP contribution in [-0.4, -0.2) is 30.1 Å². The third kappa shape index (κ3) is 9.42. The number of carbonyl (C=O) groups is 1. The fraction of sp³-hybridized carbons (Fsp3) is 0.944. The van der Waals surface area contributed by atoms with Crippen LogP contribution in [0.4, 0.5) is 0 Å². The standard InChI is InChI=1S/C18H36O4/c1-5-8-9-10-11-12-13-16(14-15-17(19)20)18(4,21-6-2)22-7-3/h16H,5-15H2,1-4H3,(H,19,20). The third-order valence-corrected chi connectivity index (χ3v) is 4.22. The van der Waals surface area contributed by atoms with Crippen LogP contribution in [0, 0.1) is 5.92 Å². The Morgan fingerprint density at radius 3 is 2.00 bits per heavy atom. The number of aliphatic carboxylic acids is 1.